The first-order chi connectivity index (χ1) is 11.8. The van der Waals surface area contributed by atoms with Gasteiger partial charge >= 0.3 is 0 Å². The number of carbonyl (C=O) groups is 1. The number of benzene rings is 2. The minimum atomic E-state index is 0.0814. The molecule has 0 spiro atoms. The Morgan fingerprint density at radius 3 is 2.67 bits per heavy atom. The van der Waals surface area contributed by atoms with Crippen molar-refractivity contribution in [3.8, 4) is 5.75 Å². The normalized spacial score (nSPS) is 17.6. The van der Waals surface area contributed by atoms with Gasteiger partial charge in [0.25, 0.3) is 0 Å². The van der Waals surface area contributed by atoms with E-state index in [1.165, 1.54) is 37.9 Å². The molecule has 124 valence electrons. The van der Waals surface area contributed by atoms with E-state index in [9.17, 15) is 4.79 Å². The van der Waals surface area contributed by atoms with Gasteiger partial charge in [0.1, 0.15) is 12.4 Å². The number of likely N-dealkylation sites (tertiary alicyclic amines) is 1. The van der Waals surface area contributed by atoms with Crippen molar-refractivity contribution in [2.45, 2.75) is 32.3 Å². The lowest BCUT2D eigenvalue weighted by molar-refractivity contribution is 0.103. The van der Waals surface area contributed by atoms with Crippen molar-refractivity contribution in [2.75, 3.05) is 19.6 Å². The van der Waals surface area contributed by atoms with Gasteiger partial charge in [0, 0.05) is 17.7 Å². The Hall–Kier alpha value is -2.13. The third-order valence-electron chi connectivity index (χ3n) is 5.10. The van der Waals surface area contributed by atoms with Crippen molar-refractivity contribution in [3.63, 3.8) is 0 Å². The van der Waals surface area contributed by atoms with E-state index in [2.05, 4.69) is 11.0 Å². The van der Waals surface area contributed by atoms with E-state index < -0.39 is 0 Å². The topological polar surface area (TPSA) is 29.5 Å². The van der Waals surface area contributed by atoms with Crippen molar-refractivity contribution in [1.82, 2.24) is 4.90 Å². The Morgan fingerprint density at radius 2 is 1.79 bits per heavy atom. The molecule has 2 aromatic rings. The Bertz CT molecular complexity index is 747. The molecule has 0 aromatic heterocycles. The molecule has 0 saturated carbocycles. The van der Waals surface area contributed by atoms with E-state index in [0.717, 1.165) is 24.1 Å². The second-order valence-corrected chi connectivity index (χ2v) is 6.76. The fourth-order valence-electron chi connectivity index (χ4n) is 3.67. The smallest absolute Gasteiger partial charge is 0.197 e. The van der Waals surface area contributed by atoms with Crippen molar-refractivity contribution in [1.29, 1.82) is 0 Å². The van der Waals surface area contributed by atoms with Crippen LogP contribution < -0.4 is 4.74 Å². The molecule has 2 aromatic carbocycles. The van der Waals surface area contributed by atoms with Crippen molar-refractivity contribution < 1.29 is 9.53 Å². The van der Waals surface area contributed by atoms with Gasteiger partial charge in [0.05, 0.1) is 5.56 Å². The SMILES string of the molecule is O=C1c2ccccc2COc2ccc(CCN3CCCCC3)cc21. The first kappa shape index (κ1) is 15.4. The zero-order valence-corrected chi connectivity index (χ0v) is 14.0. The molecular weight excluding hydrogens is 298 g/mol. The van der Waals surface area contributed by atoms with Crippen LogP contribution in [0.1, 0.15) is 46.3 Å². The lowest BCUT2D eigenvalue weighted by atomic mass is 9.97. The third kappa shape index (κ3) is 3.09. The summed E-state index contributed by atoms with van der Waals surface area (Å²) in [5, 5.41) is 0. The standard InChI is InChI=1S/C21H23NO2/c23-21-18-7-3-2-6-17(18)15-24-20-9-8-16(14-19(20)21)10-13-22-11-4-1-5-12-22/h2-3,6-9,14H,1,4-5,10-13,15H2. The summed E-state index contributed by atoms with van der Waals surface area (Å²) in [7, 11) is 0. The molecule has 2 aliphatic rings. The van der Waals surface area contributed by atoms with Crippen LogP contribution in [-0.2, 0) is 13.0 Å². The van der Waals surface area contributed by atoms with Crippen LogP contribution in [0.4, 0.5) is 0 Å². The molecule has 4 rings (SSSR count). The number of ketones is 1. The molecule has 0 bridgehead atoms. The average Bonchev–Trinajstić information content (AvgIpc) is 2.78. The molecule has 0 amide bonds. The van der Waals surface area contributed by atoms with Gasteiger partial charge in [-0.1, -0.05) is 36.8 Å². The maximum absolute atomic E-state index is 12.9. The molecule has 3 nitrogen and oxygen atoms in total. The molecule has 0 unspecified atom stereocenters. The highest BCUT2D eigenvalue weighted by Crippen LogP contribution is 2.29. The molecular formula is C21H23NO2. The van der Waals surface area contributed by atoms with Gasteiger partial charge in [0.15, 0.2) is 5.78 Å². The van der Waals surface area contributed by atoms with Crippen LogP contribution in [-0.4, -0.2) is 30.3 Å². The number of ether oxygens (including phenoxy) is 1. The predicted octanol–water partition coefficient (Wildman–Crippen LogP) is 3.84. The van der Waals surface area contributed by atoms with Gasteiger partial charge in [-0.25, -0.2) is 0 Å². The summed E-state index contributed by atoms with van der Waals surface area (Å²) in [6.07, 6.45) is 4.98. The van der Waals surface area contributed by atoms with E-state index >= 15 is 0 Å². The maximum Gasteiger partial charge on any atom is 0.197 e. The Balaban J connectivity index is 1.55. The summed E-state index contributed by atoms with van der Waals surface area (Å²) in [6, 6.07) is 13.8. The highest BCUT2D eigenvalue weighted by Gasteiger charge is 2.22. The largest absolute Gasteiger partial charge is 0.488 e. The highest BCUT2D eigenvalue weighted by atomic mass is 16.5. The molecule has 2 aliphatic heterocycles. The first-order valence-electron chi connectivity index (χ1n) is 8.92. The number of fused-ring (bicyclic) bond motifs is 2. The van der Waals surface area contributed by atoms with Crippen LogP contribution in [0.5, 0.6) is 5.75 Å². The lowest BCUT2D eigenvalue weighted by Gasteiger charge is -2.26. The zero-order valence-electron chi connectivity index (χ0n) is 14.0. The van der Waals surface area contributed by atoms with Crippen molar-refractivity contribution in [3.05, 3.63) is 64.7 Å². The van der Waals surface area contributed by atoms with E-state index in [4.69, 9.17) is 4.74 Å². The van der Waals surface area contributed by atoms with Crippen LogP contribution in [0, 0.1) is 0 Å². The third-order valence-corrected chi connectivity index (χ3v) is 5.10. The van der Waals surface area contributed by atoms with Gasteiger partial charge in [0.2, 0.25) is 0 Å². The molecule has 0 radical (unpaired) electrons. The quantitative estimate of drug-likeness (QED) is 0.860. The van der Waals surface area contributed by atoms with E-state index in [1.807, 2.05) is 36.4 Å². The molecule has 24 heavy (non-hydrogen) atoms. The lowest BCUT2D eigenvalue weighted by Crippen LogP contribution is -2.31. The summed E-state index contributed by atoms with van der Waals surface area (Å²) in [4.78, 5) is 15.4. The summed E-state index contributed by atoms with van der Waals surface area (Å²) < 4.78 is 5.86. The predicted molar refractivity (Wildman–Crippen MR) is 94.6 cm³/mol. The van der Waals surface area contributed by atoms with Crippen LogP contribution in [0.2, 0.25) is 0 Å². The van der Waals surface area contributed by atoms with Gasteiger partial charge in [-0.2, -0.15) is 0 Å². The number of rotatable bonds is 3. The van der Waals surface area contributed by atoms with Gasteiger partial charge < -0.3 is 9.64 Å². The van der Waals surface area contributed by atoms with Crippen molar-refractivity contribution in [2.24, 2.45) is 0 Å². The molecule has 0 atom stereocenters. The van der Waals surface area contributed by atoms with Gasteiger partial charge in [-0.15, -0.1) is 0 Å². The molecule has 2 heterocycles. The summed E-state index contributed by atoms with van der Waals surface area (Å²) >= 11 is 0. The molecule has 1 fully saturated rings. The number of nitrogens with zero attached hydrogens (tertiary/aromatic N) is 1. The summed E-state index contributed by atoms with van der Waals surface area (Å²) in [5.41, 5.74) is 3.66. The van der Waals surface area contributed by atoms with Crippen LogP contribution >= 0.6 is 0 Å². The second-order valence-electron chi connectivity index (χ2n) is 6.76. The fraction of sp³-hybridized carbons (Fsp3) is 0.381. The van der Waals surface area contributed by atoms with E-state index in [0.29, 0.717) is 17.9 Å². The molecule has 0 N–H and O–H groups in total. The average molecular weight is 321 g/mol. The van der Waals surface area contributed by atoms with Crippen LogP contribution in [0.15, 0.2) is 42.5 Å². The fourth-order valence-corrected chi connectivity index (χ4v) is 3.67. The first-order valence-corrected chi connectivity index (χ1v) is 8.92. The van der Waals surface area contributed by atoms with Gasteiger partial charge in [-0.3, -0.25) is 4.79 Å². The zero-order chi connectivity index (χ0) is 16.4. The number of carbonyl (C=O) groups excluding carboxylic acids is 1. The summed E-state index contributed by atoms with van der Waals surface area (Å²) in [5.74, 6) is 0.788. The van der Waals surface area contributed by atoms with Gasteiger partial charge in [-0.05, 0) is 50.0 Å². The maximum atomic E-state index is 12.9. The van der Waals surface area contributed by atoms with Crippen LogP contribution in [0.25, 0.3) is 0 Å². The Morgan fingerprint density at radius 1 is 0.958 bits per heavy atom. The molecule has 0 aliphatic carbocycles. The second kappa shape index (κ2) is 6.78. The minimum absolute atomic E-state index is 0.0814. The Kier molecular flexibility index (Phi) is 4.35. The van der Waals surface area contributed by atoms with E-state index in [1.54, 1.807) is 0 Å². The molecule has 1 saturated heterocycles. The Labute approximate surface area is 143 Å². The molecule has 3 heteroatoms. The van der Waals surface area contributed by atoms with E-state index in [-0.39, 0.29) is 5.78 Å². The van der Waals surface area contributed by atoms with Crippen molar-refractivity contribution >= 4 is 5.78 Å². The summed E-state index contributed by atoms with van der Waals surface area (Å²) in [6.45, 7) is 3.95. The number of hydrogen-bond acceptors (Lipinski definition) is 3. The van der Waals surface area contributed by atoms with Crippen LogP contribution in [0.3, 0.4) is 0 Å². The minimum Gasteiger partial charge on any atom is -0.488 e. The monoisotopic (exact) mass is 321 g/mol. The number of hydrogen-bond donors (Lipinski definition) is 0. The number of piperidine rings is 1. The highest BCUT2D eigenvalue weighted by molar-refractivity contribution is 6.12.